The van der Waals surface area contributed by atoms with Gasteiger partial charge in [0.1, 0.15) is 17.5 Å². The Morgan fingerprint density at radius 2 is 2.05 bits per heavy atom. The summed E-state index contributed by atoms with van der Waals surface area (Å²) in [5, 5.41) is 23.2. The highest BCUT2D eigenvalue weighted by Crippen LogP contribution is 2.25. The van der Waals surface area contributed by atoms with Crippen LogP contribution in [-0.4, -0.2) is 14.8 Å². The number of pyridine rings is 1. The Bertz CT molecular complexity index is 905. The fourth-order valence-corrected chi connectivity index (χ4v) is 2.25. The largest absolute Gasteiger partial charge is 0.382 e. The summed E-state index contributed by atoms with van der Waals surface area (Å²) in [6, 6.07) is 13.3. The molecular formula is C15H10N6. The number of rotatable bonds is 2. The van der Waals surface area contributed by atoms with Crippen LogP contribution >= 0.6 is 0 Å². The molecule has 6 nitrogen and oxygen atoms in total. The first-order valence-corrected chi connectivity index (χ1v) is 6.24. The summed E-state index contributed by atoms with van der Waals surface area (Å²) in [5.41, 5.74) is 8.20. The van der Waals surface area contributed by atoms with Crippen molar-refractivity contribution in [1.29, 1.82) is 10.5 Å². The normalized spacial score (nSPS) is 10.2. The third kappa shape index (κ3) is 1.96. The number of nitrogens with two attached hydrogens (primary N) is 1. The van der Waals surface area contributed by atoms with Gasteiger partial charge in [0.2, 0.25) is 0 Å². The zero-order valence-corrected chi connectivity index (χ0v) is 11.0. The molecule has 0 fully saturated rings. The molecule has 1 aromatic carbocycles. The average molecular weight is 274 g/mol. The van der Waals surface area contributed by atoms with Crippen molar-refractivity contribution in [1.82, 2.24) is 14.8 Å². The van der Waals surface area contributed by atoms with Gasteiger partial charge in [0, 0.05) is 11.6 Å². The zero-order chi connectivity index (χ0) is 14.8. The minimum absolute atomic E-state index is 0.0448. The first kappa shape index (κ1) is 12.6. The number of nitrogens with zero attached hydrogens (tertiary/aromatic N) is 5. The average Bonchev–Trinajstić information content (AvgIpc) is 2.83. The number of fused-ring (bicyclic) bond motifs is 1. The van der Waals surface area contributed by atoms with Crippen molar-refractivity contribution in [3.63, 3.8) is 0 Å². The molecule has 0 atom stereocenters. The number of anilines is 1. The number of hydrogen-bond acceptors (Lipinski definition) is 5. The maximum Gasteiger partial charge on any atom is 0.145 e. The lowest BCUT2D eigenvalue weighted by Gasteiger charge is -2.07. The van der Waals surface area contributed by atoms with E-state index in [1.165, 1.54) is 4.68 Å². The molecule has 3 aromatic rings. The number of aromatic nitrogens is 3. The van der Waals surface area contributed by atoms with Gasteiger partial charge >= 0.3 is 0 Å². The zero-order valence-electron chi connectivity index (χ0n) is 11.0. The van der Waals surface area contributed by atoms with E-state index in [1.54, 1.807) is 6.20 Å². The van der Waals surface area contributed by atoms with E-state index in [4.69, 9.17) is 11.0 Å². The van der Waals surface area contributed by atoms with Crippen LogP contribution in [0.2, 0.25) is 0 Å². The molecule has 100 valence electrons. The highest BCUT2D eigenvalue weighted by Gasteiger charge is 2.17. The SMILES string of the molecule is N#CCc1nn(-c2cccc3ncccc23)c(N)c1C#N. The van der Waals surface area contributed by atoms with Crippen molar-refractivity contribution in [3.05, 3.63) is 47.8 Å². The molecule has 21 heavy (non-hydrogen) atoms. The maximum atomic E-state index is 9.19. The number of benzene rings is 1. The van der Waals surface area contributed by atoms with Crippen molar-refractivity contribution in [3.8, 4) is 17.8 Å². The van der Waals surface area contributed by atoms with E-state index in [2.05, 4.69) is 10.1 Å². The Morgan fingerprint density at radius 3 is 2.81 bits per heavy atom. The molecule has 0 saturated heterocycles. The van der Waals surface area contributed by atoms with Crippen molar-refractivity contribution in [2.24, 2.45) is 0 Å². The summed E-state index contributed by atoms with van der Waals surface area (Å²) in [6.07, 6.45) is 1.75. The summed E-state index contributed by atoms with van der Waals surface area (Å²) in [7, 11) is 0. The second-order valence-corrected chi connectivity index (χ2v) is 4.41. The molecule has 0 aliphatic carbocycles. The minimum Gasteiger partial charge on any atom is -0.382 e. The second-order valence-electron chi connectivity index (χ2n) is 4.41. The fourth-order valence-electron chi connectivity index (χ4n) is 2.25. The van der Waals surface area contributed by atoms with Gasteiger partial charge in [0.25, 0.3) is 0 Å². The predicted octanol–water partition coefficient (Wildman–Crippen LogP) is 1.94. The monoisotopic (exact) mass is 274 g/mol. The van der Waals surface area contributed by atoms with E-state index in [9.17, 15) is 5.26 Å². The Labute approximate surface area is 120 Å². The van der Waals surface area contributed by atoms with Crippen LogP contribution in [0.1, 0.15) is 11.3 Å². The van der Waals surface area contributed by atoms with Crippen LogP contribution in [0.4, 0.5) is 5.82 Å². The molecular weight excluding hydrogens is 264 g/mol. The van der Waals surface area contributed by atoms with Crippen LogP contribution in [0, 0.1) is 22.7 Å². The topological polar surface area (TPSA) is 104 Å². The quantitative estimate of drug-likeness (QED) is 0.768. The number of hydrogen-bond donors (Lipinski definition) is 1. The second kappa shape index (κ2) is 4.95. The van der Waals surface area contributed by atoms with E-state index in [-0.39, 0.29) is 17.8 Å². The van der Waals surface area contributed by atoms with Gasteiger partial charge < -0.3 is 5.73 Å². The van der Waals surface area contributed by atoms with Crippen LogP contribution in [0.5, 0.6) is 0 Å². The molecule has 0 aliphatic rings. The first-order chi connectivity index (χ1) is 10.3. The molecule has 2 heterocycles. The summed E-state index contributed by atoms with van der Waals surface area (Å²) in [6.45, 7) is 0. The van der Waals surface area contributed by atoms with Crippen LogP contribution in [0.15, 0.2) is 36.5 Å². The molecule has 6 heteroatoms. The first-order valence-electron chi connectivity index (χ1n) is 6.24. The number of nitrogen functional groups attached to an aromatic ring is 1. The van der Waals surface area contributed by atoms with Crippen molar-refractivity contribution in [2.75, 3.05) is 5.73 Å². The van der Waals surface area contributed by atoms with Crippen LogP contribution in [0.25, 0.3) is 16.6 Å². The Hall–Kier alpha value is -3.38. The lowest BCUT2D eigenvalue weighted by atomic mass is 10.2. The van der Waals surface area contributed by atoms with Gasteiger partial charge in [-0.05, 0) is 24.3 Å². The Morgan fingerprint density at radius 1 is 1.19 bits per heavy atom. The van der Waals surface area contributed by atoms with Crippen molar-refractivity contribution < 1.29 is 0 Å². The lowest BCUT2D eigenvalue weighted by molar-refractivity contribution is 0.867. The molecule has 0 bridgehead atoms. The summed E-state index contributed by atoms with van der Waals surface area (Å²) in [5.74, 6) is 0.235. The molecule has 0 aliphatic heterocycles. The van der Waals surface area contributed by atoms with E-state index in [0.29, 0.717) is 5.69 Å². The van der Waals surface area contributed by atoms with Gasteiger partial charge in [-0.2, -0.15) is 15.6 Å². The van der Waals surface area contributed by atoms with E-state index >= 15 is 0 Å². The van der Waals surface area contributed by atoms with Gasteiger partial charge in [0.15, 0.2) is 0 Å². The highest BCUT2D eigenvalue weighted by atomic mass is 15.3. The third-order valence-corrected chi connectivity index (χ3v) is 3.20. The third-order valence-electron chi connectivity index (χ3n) is 3.20. The number of nitriles is 2. The predicted molar refractivity (Wildman–Crippen MR) is 77.3 cm³/mol. The molecule has 3 rings (SSSR count). The summed E-state index contributed by atoms with van der Waals surface area (Å²) < 4.78 is 1.50. The molecule has 2 N–H and O–H groups in total. The molecule has 0 amide bonds. The Kier molecular flexibility index (Phi) is 2.98. The maximum absolute atomic E-state index is 9.19. The fraction of sp³-hybridized carbons (Fsp3) is 0.0667. The van der Waals surface area contributed by atoms with Crippen LogP contribution in [0.3, 0.4) is 0 Å². The van der Waals surface area contributed by atoms with Gasteiger partial charge in [0.05, 0.1) is 29.4 Å². The van der Waals surface area contributed by atoms with Crippen molar-refractivity contribution >= 4 is 16.7 Å². The molecule has 0 unspecified atom stereocenters. The van der Waals surface area contributed by atoms with Gasteiger partial charge in [-0.25, -0.2) is 4.68 Å². The van der Waals surface area contributed by atoms with Crippen molar-refractivity contribution in [2.45, 2.75) is 6.42 Å². The minimum atomic E-state index is 0.0448. The smallest absolute Gasteiger partial charge is 0.145 e. The van der Waals surface area contributed by atoms with Crippen LogP contribution in [-0.2, 0) is 6.42 Å². The Balaban J connectivity index is 2.30. The summed E-state index contributed by atoms with van der Waals surface area (Å²) in [4.78, 5) is 4.28. The summed E-state index contributed by atoms with van der Waals surface area (Å²) >= 11 is 0. The highest BCUT2D eigenvalue weighted by molar-refractivity contribution is 5.87. The van der Waals surface area contributed by atoms with Gasteiger partial charge in [-0.3, -0.25) is 4.98 Å². The molecule has 0 spiro atoms. The molecule has 0 radical (unpaired) electrons. The van der Waals surface area contributed by atoms with E-state index in [1.807, 2.05) is 42.5 Å². The van der Waals surface area contributed by atoms with E-state index in [0.717, 1.165) is 16.6 Å². The molecule has 0 saturated carbocycles. The van der Waals surface area contributed by atoms with Gasteiger partial charge in [-0.15, -0.1) is 0 Å². The lowest BCUT2D eigenvalue weighted by Crippen LogP contribution is -2.03. The van der Waals surface area contributed by atoms with Gasteiger partial charge in [-0.1, -0.05) is 6.07 Å². The van der Waals surface area contributed by atoms with Crippen LogP contribution < -0.4 is 5.73 Å². The van der Waals surface area contributed by atoms with E-state index < -0.39 is 0 Å². The standard InChI is InChI=1S/C15H10N6/c16-7-6-13-11(9-17)15(18)21(20-13)14-5-1-4-12-10(14)3-2-8-19-12/h1-5,8H,6,18H2. The molecule has 2 aromatic heterocycles.